The summed E-state index contributed by atoms with van der Waals surface area (Å²) in [7, 11) is 0. The van der Waals surface area contributed by atoms with Gasteiger partial charge < -0.3 is 4.90 Å². The normalized spacial score (nSPS) is 41.3. The smallest absolute Gasteiger partial charge is 0.223 e. The molecule has 3 aliphatic rings. The number of fused-ring (bicyclic) bond motifs is 5. The number of likely N-dealkylation sites (tertiary alicyclic amines) is 1. The molecular formula is C12H16ClNO. The molecule has 1 amide bonds. The SMILES string of the molecule is O=C(CCCl)N1CC2C3C=CC(C3)C2C1. The fraction of sp³-hybridized carbons (Fsp3) is 0.750. The minimum absolute atomic E-state index is 0.249. The molecule has 1 heterocycles. The van der Waals surface area contributed by atoms with Crippen molar-refractivity contribution in [2.24, 2.45) is 23.7 Å². The van der Waals surface area contributed by atoms with E-state index in [0.717, 1.165) is 36.8 Å². The van der Waals surface area contributed by atoms with Gasteiger partial charge in [-0.2, -0.15) is 0 Å². The Morgan fingerprint density at radius 1 is 1.27 bits per heavy atom. The van der Waals surface area contributed by atoms with Gasteiger partial charge >= 0.3 is 0 Å². The second-order valence-corrected chi connectivity index (χ2v) is 5.39. The van der Waals surface area contributed by atoms with Crippen LogP contribution in [0, 0.1) is 23.7 Å². The molecule has 4 unspecified atom stereocenters. The zero-order valence-corrected chi connectivity index (χ0v) is 9.49. The molecule has 15 heavy (non-hydrogen) atoms. The molecule has 1 saturated heterocycles. The summed E-state index contributed by atoms with van der Waals surface area (Å²) in [6.45, 7) is 1.96. The van der Waals surface area contributed by atoms with Gasteiger partial charge in [0.05, 0.1) is 0 Å². The number of allylic oxidation sites excluding steroid dienone is 2. The first kappa shape index (κ1) is 9.71. The van der Waals surface area contributed by atoms with E-state index in [-0.39, 0.29) is 5.91 Å². The van der Waals surface area contributed by atoms with Crippen LogP contribution in [0.5, 0.6) is 0 Å². The van der Waals surface area contributed by atoms with E-state index in [1.165, 1.54) is 6.42 Å². The lowest BCUT2D eigenvalue weighted by Crippen LogP contribution is -2.30. The average Bonchev–Trinajstić information content (AvgIpc) is 2.90. The van der Waals surface area contributed by atoms with Gasteiger partial charge in [0.1, 0.15) is 0 Å². The minimum Gasteiger partial charge on any atom is -0.342 e. The predicted octanol–water partition coefficient (Wildman–Crippen LogP) is 1.90. The maximum absolute atomic E-state index is 11.7. The molecule has 0 spiro atoms. The van der Waals surface area contributed by atoms with E-state index < -0.39 is 0 Å². The third-order valence-electron chi connectivity index (χ3n) is 4.32. The van der Waals surface area contributed by atoms with Crippen LogP contribution in [0.4, 0.5) is 0 Å². The highest BCUT2D eigenvalue weighted by molar-refractivity contribution is 6.18. The average molecular weight is 226 g/mol. The first-order chi connectivity index (χ1) is 7.29. The molecule has 4 atom stereocenters. The van der Waals surface area contributed by atoms with E-state index in [1.54, 1.807) is 0 Å². The lowest BCUT2D eigenvalue weighted by molar-refractivity contribution is -0.130. The van der Waals surface area contributed by atoms with Gasteiger partial charge in [-0.05, 0) is 30.1 Å². The molecule has 0 aromatic heterocycles. The van der Waals surface area contributed by atoms with Crippen molar-refractivity contribution in [2.45, 2.75) is 12.8 Å². The Balaban J connectivity index is 1.68. The fourth-order valence-corrected chi connectivity index (χ4v) is 3.76. The number of amides is 1. The summed E-state index contributed by atoms with van der Waals surface area (Å²) < 4.78 is 0. The second-order valence-electron chi connectivity index (χ2n) is 5.01. The van der Waals surface area contributed by atoms with E-state index in [4.69, 9.17) is 11.6 Å². The van der Waals surface area contributed by atoms with Crippen LogP contribution >= 0.6 is 11.6 Å². The van der Waals surface area contributed by atoms with Gasteiger partial charge in [-0.25, -0.2) is 0 Å². The third kappa shape index (κ3) is 1.42. The van der Waals surface area contributed by atoms with E-state index in [1.807, 2.05) is 4.90 Å². The van der Waals surface area contributed by atoms with Crippen molar-refractivity contribution in [1.29, 1.82) is 0 Å². The van der Waals surface area contributed by atoms with Crippen molar-refractivity contribution in [1.82, 2.24) is 4.90 Å². The first-order valence-corrected chi connectivity index (χ1v) is 6.35. The summed E-state index contributed by atoms with van der Waals surface area (Å²) in [5.74, 6) is 3.72. The molecule has 3 rings (SSSR count). The lowest BCUT2D eigenvalue weighted by atomic mass is 9.86. The molecule has 0 aromatic rings. The van der Waals surface area contributed by atoms with E-state index in [9.17, 15) is 4.79 Å². The molecule has 82 valence electrons. The molecule has 2 aliphatic carbocycles. The number of alkyl halides is 1. The topological polar surface area (TPSA) is 20.3 Å². The van der Waals surface area contributed by atoms with E-state index in [0.29, 0.717) is 12.3 Å². The number of carbonyl (C=O) groups excluding carboxylic acids is 1. The third-order valence-corrected chi connectivity index (χ3v) is 4.51. The van der Waals surface area contributed by atoms with Crippen molar-refractivity contribution < 1.29 is 4.79 Å². The summed E-state index contributed by atoms with van der Waals surface area (Å²) in [5.41, 5.74) is 0. The highest BCUT2D eigenvalue weighted by atomic mass is 35.5. The minimum atomic E-state index is 0.249. The Labute approximate surface area is 95.3 Å². The van der Waals surface area contributed by atoms with Crippen molar-refractivity contribution in [2.75, 3.05) is 19.0 Å². The zero-order valence-electron chi connectivity index (χ0n) is 8.73. The molecule has 1 saturated carbocycles. The van der Waals surface area contributed by atoms with Crippen molar-refractivity contribution in [3.05, 3.63) is 12.2 Å². The molecule has 0 radical (unpaired) electrons. The number of nitrogens with zero attached hydrogens (tertiary/aromatic N) is 1. The first-order valence-electron chi connectivity index (χ1n) is 5.81. The largest absolute Gasteiger partial charge is 0.342 e. The van der Waals surface area contributed by atoms with Crippen LogP contribution in [0.2, 0.25) is 0 Å². The Bertz CT molecular complexity index is 295. The number of halogens is 1. The Morgan fingerprint density at radius 3 is 2.40 bits per heavy atom. The molecular weight excluding hydrogens is 210 g/mol. The fourth-order valence-electron chi connectivity index (χ4n) is 3.59. The molecule has 3 heteroatoms. The van der Waals surface area contributed by atoms with E-state index >= 15 is 0 Å². The summed E-state index contributed by atoms with van der Waals surface area (Å²) in [5, 5.41) is 0. The highest BCUT2D eigenvalue weighted by Crippen LogP contribution is 2.51. The molecule has 2 fully saturated rings. The monoisotopic (exact) mass is 225 g/mol. The van der Waals surface area contributed by atoms with Crippen molar-refractivity contribution >= 4 is 17.5 Å². The van der Waals surface area contributed by atoms with Crippen LogP contribution in [0.3, 0.4) is 0 Å². The zero-order chi connectivity index (χ0) is 10.4. The van der Waals surface area contributed by atoms with Gasteiger partial charge in [-0.1, -0.05) is 12.2 Å². The molecule has 0 aromatic carbocycles. The van der Waals surface area contributed by atoms with E-state index in [2.05, 4.69) is 12.2 Å². The van der Waals surface area contributed by atoms with Gasteiger partial charge in [0, 0.05) is 25.4 Å². The predicted molar refractivity (Wildman–Crippen MR) is 59.6 cm³/mol. The van der Waals surface area contributed by atoms with Crippen LogP contribution in [-0.2, 0) is 4.79 Å². The molecule has 2 nitrogen and oxygen atoms in total. The Hall–Kier alpha value is -0.500. The van der Waals surface area contributed by atoms with Crippen molar-refractivity contribution in [3.8, 4) is 0 Å². The van der Waals surface area contributed by atoms with Gasteiger partial charge in [0.15, 0.2) is 0 Å². The van der Waals surface area contributed by atoms with Crippen LogP contribution in [0.1, 0.15) is 12.8 Å². The van der Waals surface area contributed by atoms with Gasteiger partial charge in [-0.3, -0.25) is 4.79 Å². The number of carbonyl (C=O) groups is 1. The summed E-state index contributed by atoms with van der Waals surface area (Å²) in [4.78, 5) is 13.8. The number of hydrogen-bond acceptors (Lipinski definition) is 1. The summed E-state index contributed by atoms with van der Waals surface area (Å²) in [6, 6.07) is 0. The van der Waals surface area contributed by atoms with Gasteiger partial charge in [-0.15, -0.1) is 11.6 Å². The van der Waals surface area contributed by atoms with Crippen LogP contribution in [-0.4, -0.2) is 29.8 Å². The maximum Gasteiger partial charge on any atom is 0.223 e. The summed E-state index contributed by atoms with van der Waals surface area (Å²) in [6.07, 6.45) is 6.57. The summed E-state index contributed by atoms with van der Waals surface area (Å²) >= 11 is 5.61. The van der Waals surface area contributed by atoms with Crippen LogP contribution in [0.25, 0.3) is 0 Å². The quantitative estimate of drug-likeness (QED) is 0.519. The highest BCUT2D eigenvalue weighted by Gasteiger charge is 2.49. The molecule has 0 N–H and O–H groups in total. The van der Waals surface area contributed by atoms with Gasteiger partial charge in [0.25, 0.3) is 0 Å². The number of hydrogen-bond donors (Lipinski definition) is 0. The lowest BCUT2D eigenvalue weighted by Gasteiger charge is -2.17. The Kier molecular flexibility index (Phi) is 2.27. The standard InChI is InChI=1S/C12H16ClNO/c13-4-3-12(15)14-6-10-8-1-2-9(5-8)11(10)7-14/h1-2,8-11H,3-7H2. The Morgan fingerprint density at radius 2 is 1.87 bits per heavy atom. The molecule has 1 aliphatic heterocycles. The van der Waals surface area contributed by atoms with Crippen LogP contribution < -0.4 is 0 Å². The van der Waals surface area contributed by atoms with Crippen molar-refractivity contribution in [3.63, 3.8) is 0 Å². The van der Waals surface area contributed by atoms with Gasteiger partial charge in [0.2, 0.25) is 5.91 Å². The van der Waals surface area contributed by atoms with Crippen LogP contribution in [0.15, 0.2) is 12.2 Å². The second kappa shape index (κ2) is 3.51. The number of rotatable bonds is 2. The molecule has 2 bridgehead atoms. The maximum atomic E-state index is 11.7.